The van der Waals surface area contributed by atoms with E-state index >= 15 is 0 Å². The maximum absolute atomic E-state index is 2.53. The summed E-state index contributed by atoms with van der Waals surface area (Å²) in [5, 5.41) is 7.57. The van der Waals surface area contributed by atoms with Crippen molar-refractivity contribution in [3.8, 4) is 33.4 Å². The standard InChI is InChI=1S/C69H53NS/c1-42-34-44(3)67(45(4)35-42)69(68-46(5)36-43(2)37-47(68)6)61-18-11-9-17-59(61)66-62(69)19-13-20-63(66)70(57-32-33-65-60(41-57)58-16-10-12-21-64(58)71-65)56-30-28-49(29-31-56)51-24-25-54-40-55(27-26-53(54)39-51)52-23-22-48-14-7-8-15-50(48)38-52/h7-41H,1-6H3. The summed E-state index contributed by atoms with van der Waals surface area (Å²) in [6, 6.07) is 80.2. The predicted octanol–water partition coefficient (Wildman–Crippen LogP) is 19.4. The molecule has 0 amide bonds. The minimum absolute atomic E-state index is 0.555. The molecule has 0 saturated carbocycles. The summed E-state index contributed by atoms with van der Waals surface area (Å²) in [6.07, 6.45) is 0. The fourth-order valence-corrected chi connectivity index (χ4v) is 13.8. The molecular formula is C69H53NS. The molecule has 71 heavy (non-hydrogen) atoms. The summed E-state index contributed by atoms with van der Waals surface area (Å²) in [7, 11) is 0. The van der Waals surface area contributed by atoms with E-state index in [4.69, 9.17) is 0 Å². The van der Waals surface area contributed by atoms with Crippen LogP contribution >= 0.6 is 11.3 Å². The van der Waals surface area contributed by atoms with Crippen molar-refractivity contribution >= 4 is 70.1 Å². The Morgan fingerprint density at radius 2 is 0.845 bits per heavy atom. The Labute approximate surface area is 421 Å². The summed E-state index contributed by atoms with van der Waals surface area (Å²) in [5.74, 6) is 0. The van der Waals surface area contributed by atoms with Crippen LogP contribution in [0.25, 0.3) is 75.1 Å². The van der Waals surface area contributed by atoms with E-state index in [0.717, 1.165) is 11.4 Å². The van der Waals surface area contributed by atoms with Gasteiger partial charge in [-0.05, 0) is 196 Å². The minimum Gasteiger partial charge on any atom is -0.310 e. The predicted molar refractivity (Wildman–Crippen MR) is 306 cm³/mol. The van der Waals surface area contributed by atoms with E-state index in [1.807, 2.05) is 11.3 Å². The zero-order valence-electron chi connectivity index (χ0n) is 41.1. The Balaban J connectivity index is 0.999. The first-order valence-corrected chi connectivity index (χ1v) is 25.7. The van der Waals surface area contributed by atoms with Gasteiger partial charge in [-0.3, -0.25) is 0 Å². The van der Waals surface area contributed by atoms with Crippen LogP contribution in [0.3, 0.4) is 0 Å². The SMILES string of the molecule is Cc1cc(C)c(C2(c3c(C)cc(C)cc3C)c3ccccc3-c3c(N(c4ccc(-c5ccc6cc(-c7ccc8ccccc8c7)ccc6c5)cc4)c4ccc5sc6ccccc6c5c4)cccc32)c(C)c1. The molecule has 1 aliphatic carbocycles. The first kappa shape index (κ1) is 43.0. The van der Waals surface area contributed by atoms with Gasteiger partial charge in [0.2, 0.25) is 0 Å². The van der Waals surface area contributed by atoms with Gasteiger partial charge in [0.05, 0.1) is 11.1 Å². The average molecular weight is 928 g/mol. The fraction of sp³-hybridized carbons (Fsp3) is 0.101. The Morgan fingerprint density at radius 3 is 1.51 bits per heavy atom. The van der Waals surface area contributed by atoms with Crippen LogP contribution in [0.2, 0.25) is 0 Å². The van der Waals surface area contributed by atoms with Crippen molar-refractivity contribution in [1.82, 2.24) is 0 Å². The number of benzene rings is 11. The summed E-state index contributed by atoms with van der Waals surface area (Å²) < 4.78 is 2.60. The summed E-state index contributed by atoms with van der Waals surface area (Å²) in [5.41, 5.74) is 23.5. The molecule has 11 aromatic carbocycles. The molecule has 0 aliphatic heterocycles. The molecule has 1 nitrogen and oxygen atoms in total. The van der Waals surface area contributed by atoms with Crippen molar-refractivity contribution in [2.24, 2.45) is 0 Å². The van der Waals surface area contributed by atoms with E-state index in [0.29, 0.717) is 0 Å². The molecule has 0 atom stereocenters. The van der Waals surface area contributed by atoms with Crippen LogP contribution < -0.4 is 4.90 Å². The zero-order chi connectivity index (χ0) is 48.1. The van der Waals surface area contributed by atoms with E-state index in [1.165, 1.54) is 136 Å². The molecule has 0 N–H and O–H groups in total. The maximum Gasteiger partial charge on any atom is 0.0724 e. The second-order valence-electron chi connectivity index (χ2n) is 20.0. The van der Waals surface area contributed by atoms with Crippen molar-refractivity contribution < 1.29 is 0 Å². The van der Waals surface area contributed by atoms with Crippen LogP contribution in [-0.2, 0) is 5.41 Å². The quantitative estimate of drug-likeness (QED) is 0.154. The van der Waals surface area contributed by atoms with Crippen LogP contribution in [0.15, 0.2) is 212 Å². The largest absolute Gasteiger partial charge is 0.310 e. The third-order valence-corrected chi connectivity index (χ3v) is 16.5. The second kappa shape index (κ2) is 16.5. The topological polar surface area (TPSA) is 3.24 Å². The lowest BCUT2D eigenvalue weighted by Crippen LogP contribution is -2.32. The van der Waals surface area contributed by atoms with Gasteiger partial charge in [0.15, 0.2) is 0 Å². The number of rotatable bonds is 7. The first-order chi connectivity index (χ1) is 34.6. The summed E-state index contributed by atoms with van der Waals surface area (Å²) >= 11 is 1.87. The highest BCUT2D eigenvalue weighted by Gasteiger charge is 2.50. The molecule has 1 aromatic heterocycles. The molecule has 0 radical (unpaired) electrons. The molecular weight excluding hydrogens is 875 g/mol. The number of nitrogens with zero attached hydrogens (tertiary/aromatic N) is 1. The molecule has 13 rings (SSSR count). The van der Waals surface area contributed by atoms with Crippen molar-refractivity contribution in [3.05, 3.63) is 268 Å². The Kier molecular flexibility index (Phi) is 10.0. The van der Waals surface area contributed by atoms with Crippen LogP contribution in [0.5, 0.6) is 0 Å². The highest BCUT2D eigenvalue weighted by Crippen LogP contribution is 2.62. The molecule has 1 heterocycles. The Bertz CT molecular complexity index is 4030. The number of hydrogen-bond acceptors (Lipinski definition) is 2. The molecule has 2 heteroatoms. The van der Waals surface area contributed by atoms with Gasteiger partial charge < -0.3 is 4.90 Å². The Hall–Kier alpha value is -8.04. The van der Waals surface area contributed by atoms with Gasteiger partial charge in [-0.1, -0.05) is 163 Å². The average Bonchev–Trinajstić information content (AvgIpc) is 3.89. The third-order valence-electron chi connectivity index (χ3n) is 15.4. The van der Waals surface area contributed by atoms with Gasteiger partial charge in [0, 0.05) is 37.1 Å². The van der Waals surface area contributed by atoms with E-state index in [2.05, 4.69) is 259 Å². The van der Waals surface area contributed by atoms with Gasteiger partial charge in [0.1, 0.15) is 0 Å². The van der Waals surface area contributed by atoms with E-state index < -0.39 is 5.41 Å². The normalized spacial score (nSPS) is 12.8. The van der Waals surface area contributed by atoms with E-state index in [-0.39, 0.29) is 0 Å². The Morgan fingerprint density at radius 1 is 0.352 bits per heavy atom. The number of fused-ring (bicyclic) bond motifs is 8. The lowest BCUT2D eigenvalue weighted by atomic mass is 9.63. The molecule has 1 aliphatic rings. The minimum atomic E-state index is -0.555. The molecule has 0 bridgehead atoms. The number of hydrogen-bond donors (Lipinski definition) is 0. The maximum atomic E-state index is 2.53. The number of anilines is 3. The lowest BCUT2D eigenvalue weighted by Gasteiger charge is -2.39. The van der Waals surface area contributed by atoms with E-state index in [1.54, 1.807) is 0 Å². The summed E-state index contributed by atoms with van der Waals surface area (Å²) in [4.78, 5) is 2.53. The molecule has 0 fully saturated rings. The van der Waals surface area contributed by atoms with E-state index in [9.17, 15) is 0 Å². The van der Waals surface area contributed by atoms with Crippen molar-refractivity contribution in [3.63, 3.8) is 0 Å². The zero-order valence-corrected chi connectivity index (χ0v) is 41.9. The monoisotopic (exact) mass is 927 g/mol. The molecule has 0 unspecified atom stereocenters. The van der Waals surface area contributed by atoms with Crippen LogP contribution in [-0.4, -0.2) is 0 Å². The highest BCUT2D eigenvalue weighted by molar-refractivity contribution is 7.25. The van der Waals surface area contributed by atoms with Crippen LogP contribution in [0.4, 0.5) is 17.1 Å². The van der Waals surface area contributed by atoms with Gasteiger partial charge >= 0.3 is 0 Å². The van der Waals surface area contributed by atoms with Crippen LogP contribution in [0.1, 0.15) is 55.6 Å². The first-order valence-electron chi connectivity index (χ1n) is 24.9. The third kappa shape index (κ3) is 6.80. The smallest absolute Gasteiger partial charge is 0.0724 e. The summed E-state index contributed by atoms with van der Waals surface area (Å²) in [6.45, 7) is 13.8. The molecule has 0 spiro atoms. The lowest BCUT2D eigenvalue weighted by molar-refractivity contribution is 0.738. The fourth-order valence-electron chi connectivity index (χ4n) is 12.8. The van der Waals surface area contributed by atoms with Crippen LogP contribution in [0, 0.1) is 41.5 Å². The molecule has 340 valence electrons. The molecule has 12 aromatic rings. The van der Waals surface area contributed by atoms with Crippen molar-refractivity contribution in [2.45, 2.75) is 47.0 Å². The number of thiophene rings is 1. The van der Waals surface area contributed by atoms with Gasteiger partial charge in [-0.25, -0.2) is 0 Å². The highest BCUT2D eigenvalue weighted by atomic mass is 32.1. The number of aryl methyl sites for hydroxylation is 6. The van der Waals surface area contributed by atoms with Gasteiger partial charge in [-0.2, -0.15) is 0 Å². The van der Waals surface area contributed by atoms with Crippen molar-refractivity contribution in [1.29, 1.82) is 0 Å². The van der Waals surface area contributed by atoms with Gasteiger partial charge in [0.25, 0.3) is 0 Å². The van der Waals surface area contributed by atoms with Crippen molar-refractivity contribution in [2.75, 3.05) is 4.90 Å². The second-order valence-corrected chi connectivity index (χ2v) is 21.1. The molecule has 0 saturated heterocycles. The van der Waals surface area contributed by atoms with Gasteiger partial charge in [-0.15, -0.1) is 11.3 Å².